The summed E-state index contributed by atoms with van der Waals surface area (Å²) in [4.78, 5) is 7.05. The molecule has 1 fully saturated rings. The summed E-state index contributed by atoms with van der Waals surface area (Å²) in [6, 6.07) is 4.26. The van der Waals surface area contributed by atoms with Crippen LogP contribution in [-0.2, 0) is 6.54 Å². The number of nitrogens with one attached hydrogen (secondary N) is 1. The summed E-state index contributed by atoms with van der Waals surface area (Å²) in [6.45, 7) is 9.00. The van der Waals surface area contributed by atoms with Crippen LogP contribution in [-0.4, -0.2) is 29.5 Å². The van der Waals surface area contributed by atoms with Crippen LogP contribution in [0, 0.1) is 5.92 Å². The Morgan fingerprint density at radius 3 is 3.05 bits per heavy atom. The third kappa shape index (κ3) is 4.50. The van der Waals surface area contributed by atoms with E-state index in [0.717, 1.165) is 25.4 Å². The molecule has 1 N–H and O–H groups in total. The lowest BCUT2D eigenvalue weighted by Crippen LogP contribution is -2.20. The predicted molar refractivity (Wildman–Crippen MR) is 81.3 cm³/mol. The first-order chi connectivity index (χ1) is 9.31. The highest BCUT2D eigenvalue weighted by Crippen LogP contribution is 2.22. The van der Waals surface area contributed by atoms with Gasteiger partial charge in [0.05, 0.1) is 5.69 Å². The molecule has 2 heterocycles. The maximum Gasteiger partial charge on any atom is 0.0564 e. The second-order valence-electron chi connectivity index (χ2n) is 5.64. The maximum absolute atomic E-state index is 4.50. The Balaban J connectivity index is 1.85. The first-order valence-electron chi connectivity index (χ1n) is 7.73. The van der Waals surface area contributed by atoms with Crippen molar-refractivity contribution < 1.29 is 0 Å². The van der Waals surface area contributed by atoms with E-state index in [1.54, 1.807) is 0 Å². The number of pyridine rings is 1. The van der Waals surface area contributed by atoms with Crippen LogP contribution in [0.3, 0.4) is 0 Å². The third-order valence-corrected chi connectivity index (χ3v) is 3.85. The number of likely N-dealkylation sites (tertiary alicyclic amines) is 1. The SMILES string of the molecule is CCCNc1ccnc(CN2CCC(CCC)C2)c1. The Morgan fingerprint density at radius 1 is 1.37 bits per heavy atom. The van der Waals surface area contributed by atoms with Crippen LogP contribution in [0.1, 0.15) is 45.2 Å². The fourth-order valence-electron chi connectivity index (χ4n) is 2.87. The lowest BCUT2D eigenvalue weighted by atomic mass is 10.0. The number of anilines is 1. The van der Waals surface area contributed by atoms with Crippen LogP contribution >= 0.6 is 0 Å². The van der Waals surface area contributed by atoms with E-state index in [0.29, 0.717) is 0 Å². The van der Waals surface area contributed by atoms with E-state index in [2.05, 4.69) is 41.2 Å². The Hall–Kier alpha value is -1.09. The topological polar surface area (TPSA) is 28.2 Å². The van der Waals surface area contributed by atoms with Gasteiger partial charge in [-0.15, -0.1) is 0 Å². The lowest BCUT2D eigenvalue weighted by Gasteiger charge is -2.16. The first-order valence-corrected chi connectivity index (χ1v) is 7.73. The minimum absolute atomic E-state index is 0.909. The smallest absolute Gasteiger partial charge is 0.0564 e. The summed E-state index contributed by atoms with van der Waals surface area (Å²) in [7, 11) is 0. The molecule has 3 nitrogen and oxygen atoms in total. The second kappa shape index (κ2) is 7.49. The van der Waals surface area contributed by atoms with Gasteiger partial charge in [0.1, 0.15) is 0 Å². The van der Waals surface area contributed by atoms with Gasteiger partial charge in [-0.25, -0.2) is 0 Å². The highest BCUT2D eigenvalue weighted by Gasteiger charge is 2.21. The maximum atomic E-state index is 4.50. The van der Waals surface area contributed by atoms with Crippen molar-refractivity contribution in [3.8, 4) is 0 Å². The van der Waals surface area contributed by atoms with Crippen LogP contribution in [0.25, 0.3) is 0 Å². The fraction of sp³-hybridized carbons (Fsp3) is 0.688. The Kier molecular flexibility index (Phi) is 5.64. The first kappa shape index (κ1) is 14.3. The molecule has 1 aromatic rings. The van der Waals surface area contributed by atoms with Crippen LogP contribution in [0.2, 0.25) is 0 Å². The van der Waals surface area contributed by atoms with Crippen molar-refractivity contribution in [1.29, 1.82) is 0 Å². The zero-order valence-corrected chi connectivity index (χ0v) is 12.4. The molecule has 0 saturated carbocycles. The Bertz CT molecular complexity index is 378. The average molecular weight is 261 g/mol. The molecular weight excluding hydrogens is 234 g/mol. The van der Waals surface area contributed by atoms with E-state index in [4.69, 9.17) is 0 Å². The van der Waals surface area contributed by atoms with Gasteiger partial charge in [0, 0.05) is 31.5 Å². The van der Waals surface area contributed by atoms with Crippen LogP contribution in [0.5, 0.6) is 0 Å². The molecule has 0 radical (unpaired) electrons. The monoisotopic (exact) mass is 261 g/mol. The molecule has 0 bridgehead atoms. The number of rotatable bonds is 7. The predicted octanol–water partition coefficient (Wildman–Crippen LogP) is 3.53. The molecule has 1 atom stereocenters. The van der Waals surface area contributed by atoms with Crippen LogP contribution in [0.4, 0.5) is 5.69 Å². The molecule has 0 aromatic carbocycles. The number of hydrogen-bond donors (Lipinski definition) is 1. The van der Waals surface area contributed by atoms with E-state index >= 15 is 0 Å². The molecule has 106 valence electrons. The molecule has 3 heteroatoms. The number of nitrogens with zero attached hydrogens (tertiary/aromatic N) is 2. The largest absolute Gasteiger partial charge is 0.385 e. The standard InChI is InChI=1S/C16H27N3/c1-3-5-14-7-10-19(12-14)13-16-11-15(6-9-18-16)17-8-4-2/h6,9,11,14H,3-5,7-8,10,12-13H2,1-2H3,(H,17,18). The van der Waals surface area contributed by atoms with Crippen molar-refractivity contribution in [1.82, 2.24) is 9.88 Å². The zero-order chi connectivity index (χ0) is 13.5. The normalized spacial score (nSPS) is 19.8. The van der Waals surface area contributed by atoms with Crippen molar-refractivity contribution >= 4 is 5.69 Å². The summed E-state index contributed by atoms with van der Waals surface area (Å²) in [5, 5.41) is 3.43. The molecule has 0 amide bonds. The summed E-state index contributed by atoms with van der Waals surface area (Å²) in [6.07, 6.45) is 7.13. The van der Waals surface area contributed by atoms with E-state index in [9.17, 15) is 0 Å². The van der Waals surface area contributed by atoms with Crippen molar-refractivity contribution in [2.75, 3.05) is 25.0 Å². The Labute approximate surface area is 117 Å². The van der Waals surface area contributed by atoms with Crippen molar-refractivity contribution in [3.05, 3.63) is 24.0 Å². The van der Waals surface area contributed by atoms with Gasteiger partial charge in [-0.1, -0.05) is 20.3 Å². The molecule has 1 unspecified atom stereocenters. The number of aromatic nitrogens is 1. The molecule has 0 aliphatic carbocycles. The summed E-state index contributed by atoms with van der Waals surface area (Å²) in [5.41, 5.74) is 2.40. The number of hydrogen-bond acceptors (Lipinski definition) is 3. The molecule has 1 aliphatic rings. The molecular formula is C16H27N3. The van der Waals surface area contributed by atoms with Crippen LogP contribution in [0.15, 0.2) is 18.3 Å². The average Bonchev–Trinajstić information content (AvgIpc) is 2.85. The fourth-order valence-corrected chi connectivity index (χ4v) is 2.87. The second-order valence-corrected chi connectivity index (χ2v) is 5.64. The van der Waals surface area contributed by atoms with Gasteiger partial charge in [-0.3, -0.25) is 9.88 Å². The van der Waals surface area contributed by atoms with Gasteiger partial charge in [-0.2, -0.15) is 0 Å². The summed E-state index contributed by atoms with van der Waals surface area (Å²) >= 11 is 0. The van der Waals surface area contributed by atoms with Gasteiger partial charge in [0.2, 0.25) is 0 Å². The summed E-state index contributed by atoms with van der Waals surface area (Å²) < 4.78 is 0. The minimum atomic E-state index is 0.909. The van der Waals surface area contributed by atoms with Gasteiger partial charge in [0.15, 0.2) is 0 Å². The van der Waals surface area contributed by atoms with Crippen molar-refractivity contribution in [2.45, 2.75) is 46.1 Å². The zero-order valence-electron chi connectivity index (χ0n) is 12.4. The quantitative estimate of drug-likeness (QED) is 0.814. The molecule has 2 rings (SSSR count). The van der Waals surface area contributed by atoms with Crippen molar-refractivity contribution in [3.63, 3.8) is 0 Å². The van der Waals surface area contributed by atoms with E-state index in [1.807, 2.05) is 6.20 Å². The van der Waals surface area contributed by atoms with Gasteiger partial charge in [0.25, 0.3) is 0 Å². The van der Waals surface area contributed by atoms with E-state index in [1.165, 1.54) is 43.7 Å². The molecule has 1 aliphatic heterocycles. The summed E-state index contributed by atoms with van der Waals surface area (Å²) in [5.74, 6) is 0.909. The van der Waals surface area contributed by atoms with Gasteiger partial charge < -0.3 is 5.32 Å². The van der Waals surface area contributed by atoms with Gasteiger partial charge >= 0.3 is 0 Å². The highest BCUT2D eigenvalue weighted by molar-refractivity contribution is 5.43. The minimum Gasteiger partial charge on any atom is -0.385 e. The van der Waals surface area contributed by atoms with Crippen molar-refractivity contribution in [2.24, 2.45) is 5.92 Å². The molecule has 0 spiro atoms. The highest BCUT2D eigenvalue weighted by atomic mass is 15.1. The van der Waals surface area contributed by atoms with E-state index < -0.39 is 0 Å². The Morgan fingerprint density at radius 2 is 2.26 bits per heavy atom. The lowest BCUT2D eigenvalue weighted by molar-refractivity contribution is 0.309. The molecule has 1 saturated heterocycles. The molecule has 1 aromatic heterocycles. The molecule has 19 heavy (non-hydrogen) atoms. The van der Waals surface area contributed by atoms with E-state index in [-0.39, 0.29) is 0 Å². The van der Waals surface area contributed by atoms with Crippen LogP contribution < -0.4 is 5.32 Å². The third-order valence-electron chi connectivity index (χ3n) is 3.85. The van der Waals surface area contributed by atoms with Gasteiger partial charge in [-0.05, 0) is 43.9 Å².